The second-order valence-electron chi connectivity index (χ2n) is 3.94. The van der Waals surface area contributed by atoms with Gasteiger partial charge in [-0.1, -0.05) is 12.2 Å². The first-order chi connectivity index (χ1) is 9.15. The summed E-state index contributed by atoms with van der Waals surface area (Å²) in [6, 6.07) is 4.72. The number of anilines is 1. The van der Waals surface area contributed by atoms with E-state index >= 15 is 0 Å². The third-order valence-electron chi connectivity index (χ3n) is 2.46. The summed E-state index contributed by atoms with van der Waals surface area (Å²) in [5, 5.41) is 3.11. The molecule has 0 spiro atoms. The average molecular weight is 286 g/mol. The fourth-order valence-electron chi connectivity index (χ4n) is 1.48. The van der Waals surface area contributed by atoms with Crippen molar-refractivity contribution in [1.29, 1.82) is 0 Å². The van der Waals surface area contributed by atoms with E-state index in [0.717, 1.165) is 6.42 Å². The van der Waals surface area contributed by atoms with Crippen molar-refractivity contribution in [2.24, 2.45) is 5.73 Å². The molecule has 19 heavy (non-hydrogen) atoms. The Morgan fingerprint density at radius 1 is 1.37 bits per heavy atom. The van der Waals surface area contributed by atoms with Gasteiger partial charge in [0.05, 0.1) is 13.2 Å². The minimum Gasteiger partial charge on any atom is -0.389 e. The normalized spacial score (nSPS) is 10.4. The quantitative estimate of drug-likeness (QED) is 0.536. The summed E-state index contributed by atoms with van der Waals surface area (Å²) < 4.78 is 23.7. The molecule has 0 saturated carbocycles. The van der Waals surface area contributed by atoms with Crippen molar-refractivity contribution in [3.8, 4) is 0 Å². The van der Waals surface area contributed by atoms with Crippen molar-refractivity contribution in [3.05, 3.63) is 29.6 Å². The zero-order valence-electron chi connectivity index (χ0n) is 10.9. The van der Waals surface area contributed by atoms with Crippen LogP contribution >= 0.6 is 12.2 Å². The fourth-order valence-corrected chi connectivity index (χ4v) is 1.64. The van der Waals surface area contributed by atoms with Crippen LogP contribution in [0.4, 0.5) is 10.1 Å². The highest BCUT2D eigenvalue weighted by atomic mass is 32.1. The second kappa shape index (κ2) is 8.79. The lowest BCUT2D eigenvalue weighted by Gasteiger charge is -2.08. The van der Waals surface area contributed by atoms with Crippen LogP contribution in [-0.2, 0) is 9.47 Å². The largest absolute Gasteiger partial charge is 0.389 e. The molecule has 0 aliphatic heterocycles. The number of hydrogen-bond acceptors (Lipinski definition) is 4. The van der Waals surface area contributed by atoms with E-state index in [1.165, 1.54) is 6.07 Å². The predicted molar refractivity (Wildman–Crippen MR) is 78.1 cm³/mol. The summed E-state index contributed by atoms with van der Waals surface area (Å²) in [6.07, 6.45) is 0.836. The Kier molecular flexibility index (Phi) is 7.32. The highest BCUT2D eigenvalue weighted by molar-refractivity contribution is 7.80. The van der Waals surface area contributed by atoms with Gasteiger partial charge in [0.1, 0.15) is 10.8 Å². The summed E-state index contributed by atoms with van der Waals surface area (Å²) >= 11 is 4.74. The zero-order valence-corrected chi connectivity index (χ0v) is 11.8. The molecular formula is C13H19FN2O2S. The van der Waals surface area contributed by atoms with Gasteiger partial charge in [0, 0.05) is 31.5 Å². The van der Waals surface area contributed by atoms with Crippen LogP contribution in [0, 0.1) is 5.82 Å². The van der Waals surface area contributed by atoms with E-state index < -0.39 is 5.82 Å². The Morgan fingerprint density at radius 2 is 2.16 bits per heavy atom. The monoisotopic (exact) mass is 286 g/mol. The maximum atomic E-state index is 13.6. The molecule has 1 aromatic carbocycles. The van der Waals surface area contributed by atoms with Crippen molar-refractivity contribution in [1.82, 2.24) is 0 Å². The Balaban J connectivity index is 2.26. The van der Waals surface area contributed by atoms with E-state index in [1.54, 1.807) is 19.2 Å². The highest BCUT2D eigenvalue weighted by Gasteiger charge is 2.05. The molecule has 0 radical (unpaired) electrons. The second-order valence-corrected chi connectivity index (χ2v) is 4.38. The van der Waals surface area contributed by atoms with Gasteiger partial charge in [-0.05, 0) is 24.6 Å². The molecule has 6 heteroatoms. The van der Waals surface area contributed by atoms with E-state index in [2.05, 4.69) is 5.32 Å². The van der Waals surface area contributed by atoms with E-state index in [4.69, 9.17) is 27.4 Å². The Bertz CT molecular complexity index is 416. The van der Waals surface area contributed by atoms with Gasteiger partial charge in [-0.3, -0.25) is 0 Å². The van der Waals surface area contributed by atoms with E-state index in [0.29, 0.717) is 32.1 Å². The van der Waals surface area contributed by atoms with Gasteiger partial charge in [-0.15, -0.1) is 0 Å². The van der Waals surface area contributed by atoms with Crippen LogP contribution < -0.4 is 11.1 Å². The first kappa shape index (κ1) is 15.8. The topological polar surface area (TPSA) is 56.5 Å². The van der Waals surface area contributed by atoms with Crippen molar-refractivity contribution < 1.29 is 13.9 Å². The lowest BCUT2D eigenvalue weighted by molar-refractivity contribution is 0.0705. The molecule has 4 nitrogen and oxygen atoms in total. The number of benzene rings is 1. The average Bonchev–Trinajstić information content (AvgIpc) is 2.37. The van der Waals surface area contributed by atoms with Crippen molar-refractivity contribution in [2.45, 2.75) is 6.42 Å². The number of nitrogens with one attached hydrogen (secondary N) is 1. The predicted octanol–water partition coefficient (Wildman–Crippen LogP) is 1.92. The molecule has 0 atom stereocenters. The summed E-state index contributed by atoms with van der Waals surface area (Å²) in [6.45, 7) is 2.54. The lowest BCUT2D eigenvalue weighted by Crippen LogP contribution is -2.12. The summed E-state index contributed by atoms with van der Waals surface area (Å²) in [5.41, 5.74) is 6.36. The van der Waals surface area contributed by atoms with Crippen LogP contribution in [0.25, 0.3) is 0 Å². The van der Waals surface area contributed by atoms with Crippen LogP contribution in [0.5, 0.6) is 0 Å². The third kappa shape index (κ3) is 5.96. The van der Waals surface area contributed by atoms with Gasteiger partial charge in [-0.2, -0.15) is 0 Å². The Labute approximate surface area is 118 Å². The number of halogens is 1. The minimum atomic E-state index is -0.408. The van der Waals surface area contributed by atoms with Gasteiger partial charge in [0.2, 0.25) is 0 Å². The molecule has 0 unspecified atom stereocenters. The van der Waals surface area contributed by atoms with Gasteiger partial charge < -0.3 is 20.5 Å². The molecule has 0 bridgehead atoms. The van der Waals surface area contributed by atoms with E-state index in [-0.39, 0.29) is 10.6 Å². The summed E-state index contributed by atoms with van der Waals surface area (Å²) in [4.78, 5) is 0.0654. The van der Waals surface area contributed by atoms with Crippen LogP contribution in [0.1, 0.15) is 12.0 Å². The SMILES string of the molecule is COCCOCCCNc1ccc(C(N)=S)c(F)c1. The van der Waals surface area contributed by atoms with E-state index in [9.17, 15) is 4.39 Å². The smallest absolute Gasteiger partial charge is 0.135 e. The Hall–Kier alpha value is -1.24. The maximum absolute atomic E-state index is 13.6. The first-order valence-corrected chi connectivity index (χ1v) is 6.46. The Morgan fingerprint density at radius 3 is 2.79 bits per heavy atom. The number of rotatable bonds is 9. The van der Waals surface area contributed by atoms with Crippen molar-refractivity contribution in [3.63, 3.8) is 0 Å². The van der Waals surface area contributed by atoms with Crippen LogP contribution in [0.15, 0.2) is 18.2 Å². The number of ether oxygens (including phenoxy) is 2. The molecule has 1 aromatic rings. The third-order valence-corrected chi connectivity index (χ3v) is 2.68. The molecule has 1 rings (SSSR count). The lowest BCUT2D eigenvalue weighted by atomic mass is 10.2. The molecule has 0 aliphatic rings. The number of thiocarbonyl (C=S) groups is 1. The molecule has 0 heterocycles. The van der Waals surface area contributed by atoms with Crippen LogP contribution in [-0.4, -0.2) is 38.5 Å². The number of nitrogens with two attached hydrogens (primary N) is 1. The minimum absolute atomic E-state index is 0.0654. The van der Waals surface area contributed by atoms with Gasteiger partial charge >= 0.3 is 0 Å². The van der Waals surface area contributed by atoms with Crippen molar-refractivity contribution in [2.75, 3.05) is 38.8 Å². The van der Waals surface area contributed by atoms with E-state index in [1.807, 2.05) is 0 Å². The summed E-state index contributed by atoms with van der Waals surface area (Å²) in [5.74, 6) is -0.408. The molecule has 0 fully saturated rings. The molecule has 0 aromatic heterocycles. The van der Waals surface area contributed by atoms with Crippen LogP contribution in [0.2, 0.25) is 0 Å². The standard InChI is InChI=1S/C13H19FN2O2S/c1-17-7-8-18-6-2-5-16-10-3-4-11(13(15)19)12(14)9-10/h3-4,9,16H,2,5-8H2,1H3,(H2,15,19). The first-order valence-electron chi connectivity index (χ1n) is 6.05. The molecule has 0 saturated heterocycles. The number of methoxy groups -OCH3 is 1. The number of hydrogen-bond donors (Lipinski definition) is 2. The highest BCUT2D eigenvalue weighted by Crippen LogP contribution is 2.14. The molecule has 0 amide bonds. The molecule has 106 valence electrons. The maximum Gasteiger partial charge on any atom is 0.135 e. The molecule has 0 aliphatic carbocycles. The molecule has 3 N–H and O–H groups in total. The van der Waals surface area contributed by atoms with Gasteiger partial charge in [0.15, 0.2) is 0 Å². The zero-order chi connectivity index (χ0) is 14.1. The fraction of sp³-hybridized carbons (Fsp3) is 0.462. The van der Waals surface area contributed by atoms with Gasteiger partial charge in [0.25, 0.3) is 0 Å². The van der Waals surface area contributed by atoms with Crippen LogP contribution in [0.3, 0.4) is 0 Å². The van der Waals surface area contributed by atoms with Crippen molar-refractivity contribution >= 4 is 22.9 Å². The molecular weight excluding hydrogens is 267 g/mol. The summed E-state index contributed by atoms with van der Waals surface area (Å²) in [7, 11) is 1.64. The van der Waals surface area contributed by atoms with Gasteiger partial charge in [-0.25, -0.2) is 4.39 Å².